The number of morpholine rings is 1. The summed E-state index contributed by atoms with van der Waals surface area (Å²) in [6.07, 6.45) is 0.906. The number of aromatic nitrogens is 3. The van der Waals surface area contributed by atoms with Gasteiger partial charge in [0.2, 0.25) is 0 Å². The molecule has 0 amide bonds. The van der Waals surface area contributed by atoms with Crippen LogP contribution in [0.15, 0.2) is 22.6 Å². The summed E-state index contributed by atoms with van der Waals surface area (Å²) >= 11 is 0. The van der Waals surface area contributed by atoms with Crippen LogP contribution in [0.5, 0.6) is 0 Å². The van der Waals surface area contributed by atoms with Gasteiger partial charge in [-0.2, -0.15) is 5.10 Å². The third kappa shape index (κ3) is 2.34. The maximum Gasteiger partial charge on any atom is 0.183 e. The SMILES string of the molecule is Cc1[nH]nc2nc(N3CCOCC3C)cc(C3(O)Cc4ccc(o4)C3)c12. The molecule has 0 spiro atoms. The Balaban J connectivity index is 1.67. The Bertz CT molecular complexity index is 956. The van der Waals surface area contributed by atoms with Crippen LogP contribution in [0.2, 0.25) is 0 Å². The minimum Gasteiger partial charge on any atom is -0.466 e. The van der Waals surface area contributed by atoms with Crippen LogP contribution in [0.1, 0.15) is 29.7 Å². The lowest BCUT2D eigenvalue weighted by Gasteiger charge is -2.36. The number of ether oxygens (including phenoxy) is 1. The molecule has 1 atom stereocenters. The van der Waals surface area contributed by atoms with Gasteiger partial charge in [0.15, 0.2) is 5.65 Å². The summed E-state index contributed by atoms with van der Waals surface area (Å²) in [5.41, 5.74) is 1.40. The van der Waals surface area contributed by atoms with Crippen molar-refractivity contribution in [2.24, 2.45) is 0 Å². The fourth-order valence-corrected chi connectivity index (χ4v) is 4.19. The van der Waals surface area contributed by atoms with Gasteiger partial charge >= 0.3 is 0 Å². The Morgan fingerprint density at radius 1 is 1.31 bits per heavy atom. The molecule has 5 heterocycles. The zero-order chi connectivity index (χ0) is 17.9. The van der Waals surface area contributed by atoms with Crippen LogP contribution in [-0.4, -0.2) is 46.1 Å². The molecule has 5 rings (SSSR count). The zero-order valence-electron chi connectivity index (χ0n) is 15.0. The molecule has 1 unspecified atom stereocenters. The van der Waals surface area contributed by atoms with E-state index in [-0.39, 0.29) is 6.04 Å². The lowest BCUT2D eigenvalue weighted by Crippen LogP contribution is -2.44. The van der Waals surface area contributed by atoms with Gasteiger partial charge in [-0.25, -0.2) is 4.98 Å². The molecular weight excluding hydrogens is 332 g/mol. The first-order valence-corrected chi connectivity index (χ1v) is 9.04. The molecule has 1 fully saturated rings. The molecule has 1 saturated heterocycles. The van der Waals surface area contributed by atoms with Gasteiger partial charge in [-0.1, -0.05) is 0 Å². The van der Waals surface area contributed by atoms with Crippen LogP contribution in [0.25, 0.3) is 11.0 Å². The van der Waals surface area contributed by atoms with Crippen molar-refractivity contribution < 1.29 is 14.3 Å². The molecule has 3 aromatic heterocycles. The molecule has 7 heteroatoms. The Morgan fingerprint density at radius 2 is 2.08 bits per heavy atom. The molecule has 2 bridgehead atoms. The van der Waals surface area contributed by atoms with Crippen molar-refractivity contribution in [2.45, 2.75) is 38.3 Å². The van der Waals surface area contributed by atoms with Gasteiger partial charge in [0.05, 0.1) is 19.3 Å². The first-order chi connectivity index (χ1) is 12.5. The lowest BCUT2D eigenvalue weighted by molar-refractivity contribution is 0.0161. The van der Waals surface area contributed by atoms with Crippen LogP contribution in [0.4, 0.5) is 5.82 Å². The molecule has 2 aliphatic rings. The van der Waals surface area contributed by atoms with E-state index < -0.39 is 5.60 Å². The van der Waals surface area contributed by atoms with E-state index in [1.807, 2.05) is 25.1 Å². The monoisotopic (exact) mass is 354 g/mol. The number of aryl methyl sites for hydroxylation is 1. The van der Waals surface area contributed by atoms with E-state index in [0.717, 1.165) is 40.5 Å². The van der Waals surface area contributed by atoms with Crippen LogP contribution >= 0.6 is 0 Å². The quantitative estimate of drug-likeness (QED) is 0.733. The van der Waals surface area contributed by atoms with Crippen LogP contribution < -0.4 is 4.90 Å². The van der Waals surface area contributed by atoms with E-state index in [0.29, 0.717) is 31.7 Å². The molecule has 7 nitrogen and oxygen atoms in total. The van der Waals surface area contributed by atoms with Crippen molar-refractivity contribution in [3.05, 3.63) is 41.0 Å². The van der Waals surface area contributed by atoms with Gasteiger partial charge in [0, 0.05) is 36.0 Å². The third-order valence-electron chi connectivity index (χ3n) is 5.51. The van der Waals surface area contributed by atoms with Crippen LogP contribution in [0, 0.1) is 6.92 Å². The zero-order valence-corrected chi connectivity index (χ0v) is 15.0. The van der Waals surface area contributed by atoms with Crippen molar-refractivity contribution in [3.63, 3.8) is 0 Å². The summed E-state index contributed by atoms with van der Waals surface area (Å²) < 4.78 is 11.3. The van der Waals surface area contributed by atoms with E-state index in [1.165, 1.54) is 0 Å². The summed E-state index contributed by atoms with van der Waals surface area (Å²) in [7, 11) is 0. The molecule has 0 aromatic carbocycles. The molecule has 0 radical (unpaired) electrons. The summed E-state index contributed by atoms with van der Waals surface area (Å²) in [5.74, 6) is 2.45. The molecule has 2 N–H and O–H groups in total. The summed E-state index contributed by atoms with van der Waals surface area (Å²) in [6.45, 7) is 6.22. The van der Waals surface area contributed by atoms with Gasteiger partial charge in [-0.3, -0.25) is 5.10 Å². The standard InChI is InChI=1S/C19H22N4O3/c1-11-10-25-6-5-23(11)16-7-15(17-12(2)21-22-18(17)20-16)19(24)8-13-3-4-14(9-19)26-13/h3-4,7,11,24H,5-6,8-10H2,1-2H3,(H,20,21,22). The number of nitrogens with zero attached hydrogens (tertiary/aromatic N) is 3. The van der Waals surface area contributed by atoms with Gasteiger partial charge in [0.1, 0.15) is 22.9 Å². The van der Waals surface area contributed by atoms with Crippen molar-refractivity contribution in [2.75, 3.05) is 24.7 Å². The summed E-state index contributed by atoms with van der Waals surface area (Å²) in [5, 5.41) is 19.9. The van der Waals surface area contributed by atoms with E-state index in [4.69, 9.17) is 14.1 Å². The van der Waals surface area contributed by atoms with Crippen molar-refractivity contribution in [1.29, 1.82) is 0 Å². The highest BCUT2D eigenvalue weighted by Crippen LogP contribution is 2.40. The fraction of sp³-hybridized carbons (Fsp3) is 0.474. The van der Waals surface area contributed by atoms with E-state index >= 15 is 0 Å². The Morgan fingerprint density at radius 3 is 2.81 bits per heavy atom. The average Bonchev–Trinajstić information content (AvgIpc) is 3.17. The van der Waals surface area contributed by atoms with E-state index in [2.05, 4.69) is 22.0 Å². The van der Waals surface area contributed by atoms with E-state index in [9.17, 15) is 5.11 Å². The number of nitrogens with one attached hydrogen (secondary N) is 1. The Hall–Kier alpha value is -2.38. The van der Waals surface area contributed by atoms with Crippen molar-refractivity contribution >= 4 is 16.9 Å². The number of rotatable bonds is 2. The van der Waals surface area contributed by atoms with Crippen LogP contribution in [0.3, 0.4) is 0 Å². The number of H-pyrrole nitrogens is 1. The minimum atomic E-state index is -1.02. The first-order valence-electron chi connectivity index (χ1n) is 9.04. The molecule has 26 heavy (non-hydrogen) atoms. The fourth-order valence-electron chi connectivity index (χ4n) is 4.19. The van der Waals surface area contributed by atoms with Crippen LogP contribution in [-0.2, 0) is 23.2 Å². The van der Waals surface area contributed by atoms with Crippen molar-refractivity contribution in [1.82, 2.24) is 15.2 Å². The molecule has 136 valence electrons. The lowest BCUT2D eigenvalue weighted by atomic mass is 9.84. The maximum atomic E-state index is 11.6. The average molecular weight is 354 g/mol. The number of pyridine rings is 1. The minimum absolute atomic E-state index is 0.229. The molecule has 0 aliphatic carbocycles. The smallest absolute Gasteiger partial charge is 0.183 e. The van der Waals surface area contributed by atoms with Crippen molar-refractivity contribution in [3.8, 4) is 0 Å². The molecular formula is C19H22N4O3. The second-order valence-corrected chi connectivity index (χ2v) is 7.45. The van der Waals surface area contributed by atoms with E-state index in [1.54, 1.807) is 0 Å². The first kappa shape index (κ1) is 15.8. The molecule has 2 aliphatic heterocycles. The van der Waals surface area contributed by atoms with Gasteiger partial charge in [-0.15, -0.1) is 0 Å². The second kappa shape index (κ2) is 5.56. The highest BCUT2D eigenvalue weighted by atomic mass is 16.5. The maximum absolute atomic E-state index is 11.6. The third-order valence-corrected chi connectivity index (χ3v) is 5.51. The number of hydrogen-bond acceptors (Lipinski definition) is 6. The summed E-state index contributed by atoms with van der Waals surface area (Å²) in [4.78, 5) is 7.00. The normalized spacial score (nSPS) is 22.1. The number of hydrogen-bond donors (Lipinski definition) is 2. The Kier molecular flexibility index (Phi) is 3.39. The topological polar surface area (TPSA) is 87.4 Å². The number of anilines is 1. The highest BCUT2D eigenvalue weighted by Gasteiger charge is 2.39. The molecule has 0 saturated carbocycles. The van der Waals surface area contributed by atoms with Gasteiger partial charge < -0.3 is 19.2 Å². The largest absolute Gasteiger partial charge is 0.466 e. The number of furan rings is 1. The number of aromatic amines is 1. The summed E-state index contributed by atoms with van der Waals surface area (Å²) in [6, 6.07) is 6.14. The molecule has 3 aromatic rings. The predicted molar refractivity (Wildman–Crippen MR) is 96.3 cm³/mol. The second-order valence-electron chi connectivity index (χ2n) is 7.45. The highest BCUT2D eigenvalue weighted by molar-refractivity contribution is 5.84. The predicted octanol–water partition coefficient (Wildman–Crippen LogP) is 2.07. The Labute approximate surface area is 151 Å². The van der Waals surface area contributed by atoms with Gasteiger partial charge in [-0.05, 0) is 32.0 Å². The number of fused-ring (bicyclic) bond motifs is 3. The van der Waals surface area contributed by atoms with Gasteiger partial charge in [0.25, 0.3) is 0 Å². The number of aliphatic hydroxyl groups is 1.